The van der Waals surface area contributed by atoms with E-state index in [-0.39, 0.29) is 17.5 Å². The predicted octanol–water partition coefficient (Wildman–Crippen LogP) is 1.19. The number of hydrogen-bond acceptors (Lipinski definition) is 6. The summed E-state index contributed by atoms with van der Waals surface area (Å²) in [6.07, 6.45) is 4.20. The molecule has 6 nitrogen and oxygen atoms in total. The minimum absolute atomic E-state index is 0.0501. The lowest BCUT2D eigenvalue weighted by molar-refractivity contribution is 0.399. The zero-order valence-corrected chi connectivity index (χ0v) is 10.9. The van der Waals surface area contributed by atoms with Crippen molar-refractivity contribution in [3.63, 3.8) is 0 Å². The van der Waals surface area contributed by atoms with E-state index in [1.807, 2.05) is 0 Å². The molecular weight excluding hydrogens is 256 g/mol. The lowest BCUT2D eigenvalue weighted by atomic mass is 9.93. The Balaban J connectivity index is 1.78. The highest BCUT2D eigenvalue weighted by Crippen LogP contribution is 2.33. The molecule has 1 aliphatic heterocycles. The van der Waals surface area contributed by atoms with Crippen LogP contribution in [0.25, 0.3) is 0 Å². The third-order valence-electron chi connectivity index (χ3n) is 3.43. The standard InChI is InChI=1S/C14H16N4O2/c19-12-6-9-2-5-15-11(10(9)7-13(12)20)8-18-14-16-3-1-4-17-14/h1,3-4,6-7,11,15,19-20H,2,5,8H2,(H,16,17,18). The van der Waals surface area contributed by atoms with Crippen molar-refractivity contribution in [2.24, 2.45) is 0 Å². The number of phenolic OH excluding ortho intramolecular Hbond substituents is 2. The minimum Gasteiger partial charge on any atom is -0.504 e. The van der Waals surface area contributed by atoms with Crippen molar-refractivity contribution < 1.29 is 10.2 Å². The average Bonchev–Trinajstić information content (AvgIpc) is 2.47. The van der Waals surface area contributed by atoms with E-state index in [2.05, 4.69) is 20.6 Å². The van der Waals surface area contributed by atoms with E-state index >= 15 is 0 Å². The van der Waals surface area contributed by atoms with Crippen molar-refractivity contribution in [2.75, 3.05) is 18.4 Å². The monoisotopic (exact) mass is 272 g/mol. The number of phenols is 2. The van der Waals surface area contributed by atoms with E-state index in [1.54, 1.807) is 30.6 Å². The van der Waals surface area contributed by atoms with Gasteiger partial charge >= 0.3 is 0 Å². The molecule has 1 aromatic carbocycles. The molecule has 0 saturated heterocycles. The number of nitrogens with one attached hydrogen (secondary N) is 2. The van der Waals surface area contributed by atoms with Crippen molar-refractivity contribution in [3.8, 4) is 11.5 Å². The first-order chi connectivity index (χ1) is 9.74. The van der Waals surface area contributed by atoms with Crippen molar-refractivity contribution in [1.29, 1.82) is 0 Å². The molecule has 0 aliphatic carbocycles. The van der Waals surface area contributed by atoms with Gasteiger partial charge in [0, 0.05) is 18.9 Å². The number of aromatic nitrogens is 2. The van der Waals surface area contributed by atoms with Gasteiger partial charge in [-0.2, -0.15) is 0 Å². The molecule has 1 aromatic heterocycles. The molecule has 2 heterocycles. The van der Waals surface area contributed by atoms with Gasteiger partial charge in [0.1, 0.15) is 0 Å². The molecule has 0 spiro atoms. The third kappa shape index (κ3) is 2.50. The molecule has 0 radical (unpaired) electrons. The second kappa shape index (κ2) is 5.34. The van der Waals surface area contributed by atoms with Gasteiger partial charge in [-0.25, -0.2) is 9.97 Å². The second-order valence-corrected chi connectivity index (χ2v) is 4.75. The Morgan fingerprint density at radius 1 is 1.20 bits per heavy atom. The zero-order chi connectivity index (χ0) is 13.9. The smallest absolute Gasteiger partial charge is 0.222 e. The Morgan fingerprint density at radius 3 is 2.75 bits per heavy atom. The summed E-state index contributed by atoms with van der Waals surface area (Å²) in [7, 11) is 0. The minimum atomic E-state index is -0.0894. The molecule has 0 saturated carbocycles. The van der Waals surface area contributed by atoms with E-state index in [0.717, 1.165) is 24.1 Å². The van der Waals surface area contributed by atoms with E-state index in [1.165, 1.54) is 0 Å². The first-order valence-corrected chi connectivity index (χ1v) is 6.53. The lowest BCUT2D eigenvalue weighted by Gasteiger charge is -2.27. The quantitative estimate of drug-likeness (QED) is 0.627. The van der Waals surface area contributed by atoms with E-state index in [4.69, 9.17) is 0 Å². The topological polar surface area (TPSA) is 90.3 Å². The Bertz CT molecular complexity index is 604. The van der Waals surface area contributed by atoms with Gasteiger partial charge in [0.2, 0.25) is 5.95 Å². The molecule has 20 heavy (non-hydrogen) atoms. The highest BCUT2D eigenvalue weighted by atomic mass is 16.3. The molecule has 104 valence electrons. The highest BCUT2D eigenvalue weighted by Gasteiger charge is 2.21. The first kappa shape index (κ1) is 12.7. The number of aromatic hydroxyl groups is 2. The first-order valence-electron chi connectivity index (χ1n) is 6.53. The number of benzene rings is 1. The van der Waals surface area contributed by atoms with Crippen LogP contribution >= 0.6 is 0 Å². The summed E-state index contributed by atoms with van der Waals surface area (Å²) in [6.45, 7) is 1.44. The van der Waals surface area contributed by atoms with Gasteiger partial charge in [0.05, 0.1) is 6.04 Å². The molecule has 1 atom stereocenters. The molecule has 2 aromatic rings. The van der Waals surface area contributed by atoms with Crippen molar-refractivity contribution in [3.05, 3.63) is 41.7 Å². The average molecular weight is 272 g/mol. The largest absolute Gasteiger partial charge is 0.504 e. The molecule has 1 unspecified atom stereocenters. The van der Waals surface area contributed by atoms with Gasteiger partial charge < -0.3 is 20.8 Å². The van der Waals surface area contributed by atoms with Crippen LogP contribution in [0.5, 0.6) is 11.5 Å². The molecule has 0 amide bonds. The molecule has 4 N–H and O–H groups in total. The van der Waals surface area contributed by atoms with Gasteiger partial charge in [0.15, 0.2) is 11.5 Å². The zero-order valence-electron chi connectivity index (χ0n) is 10.9. The summed E-state index contributed by atoms with van der Waals surface area (Å²) >= 11 is 0. The molecule has 3 rings (SSSR count). The summed E-state index contributed by atoms with van der Waals surface area (Å²) in [6, 6.07) is 5.07. The lowest BCUT2D eigenvalue weighted by Crippen LogP contribution is -2.34. The van der Waals surface area contributed by atoms with Crippen LogP contribution in [0.4, 0.5) is 5.95 Å². The van der Waals surface area contributed by atoms with Gasteiger partial charge in [-0.1, -0.05) is 0 Å². The van der Waals surface area contributed by atoms with Crippen LogP contribution in [0.3, 0.4) is 0 Å². The van der Waals surface area contributed by atoms with Crippen LogP contribution in [0.1, 0.15) is 17.2 Å². The summed E-state index contributed by atoms with van der Waals surface area (Å²) in [4.78, 5) is 8.22. The molecule has 0 fully saturated rings. The Morgan fingerprint density at radius 2 is 1.95 bits per heavy atom. The number of fused-ring (bicyclic) bond motifs is 1. The fourth-order valence-electron chi connectivity index (χ4n) is 2.43. The molecule has 1 aliphatic rings. The van der Waals surface area contributed by atoms with E-state index in [0.29, 0.717) is 12.5 Å². The predicted molar refractivity (Wildman–Crippen MR) is 74.7 cm³/mol. The molecule has 6 heteroatoms. The van der Waals surface area contributed by atoms with Crippen LogP contribution in [0.2, 0.25) is 0 Å². The third-order valence-corrected chi connectivity index (χ3v) is 3.43. The number of anilines is 1. The summed E-state index contributed by atoms with van der Waals surface area (Å²) < 4.78 is 0. The highest BCUT2D eigenvalue weighted by molar-refractivity contribution is 5.48. The van der Waals surface area contributed by atoms with E-state index in [9.17, 15) is 10.2 Å². The van der Waals surface area contributed by atoms with Crippen LogP contribution in [-0.4, -0.2) is 33.3 Å². The van der Waals surface area contributed by atoms with Crippen LogP contribution in [0.15, 0.2) is 30.6 Å². The van der Waals surface area contributed by atoms with Gasteiger partial charge in [-0.05, 0) is 42.3 Å². The maximum atomic E-state index is 9.66. The Labute approximate surface area is 116 Å². The molecular formula is C14H16N4O2. The van der Waals surface area contributed by atoms with Crippen molar-refractivity contribution in [1.82, 2.24) is 15.3 Å². The van der Waals surface area contributed by atoms with Crippen LogP contribution < -0.4 is 10.6 Å². The number of rotatable bonds is 3. The Hall–Kier alpha value is -2.34. The maximum absolute atomic E-state index is 9.66. The fraction of sp³-hybridized carbons (Fsp3) is 0.286. The summed E-state index contributed by atoms with van der Waals surface area (Å²) in [5.74, 6) is 0.418. The van der Waals surface area contributed by atoms with Gasteiger partial charge in [0.25, 0.3) is 0 Å². The van der Waals surface area contributed by atoms with Crippen molar-refractivity contribution in [2.45, 2.75) is 12.5 Å². The summed E-state index contributed by atoms with van der Waals surface area (Å²) in [5, 5.41) is 25.8. The van der Waals surface area contributed by atoms with E-state index < -0.39 is 0 Å². The Kier molecular flexibility index (Phi) is 3.39. The number of hydrogen-bond donors (Lipinski definition) is 4. The molecule has 0 bridgehead atoms. The maximum Gasteiger partial charge on any atom is 0.222 e. The summed E-state index contributed by atoms with van der Waals surface area (Å²) in [5.41, 5.74) is 2.05. The second-order valence-electron chi connectivity index (χ2n) is 4.75. The fourth-order valence-corrected chi connectivity index (χ4v) is 2.43. The van der Waals surface area contributed by atoms with Crippen molar-refractivity contribution >= 4 is 5.95 Å². The van der Waals surface area contributed by atoms with Gasteiger partial charge in [-0.15, -0.1) is 0 Å². The van der Waals surface area contributed by atoms with Crippen LogP contribution in [-0.2, 0) is 6.42 Å². The SMILES string of the molecule is Oc1cc2c(cc1O)C(CNc1ncccn1)NCC2. The van der Waals surface area contributed by atoms with Gasteiger partial charge in [-0.3, -0.25) is 0 Å². The van der Waals surface area contributed by atoms with Crippen LogP contribution in [0, 0.1) is 0 Å². The number of nitrogens with zero attached hydrogens (tertiary/aromatic N) is 2. The normalized spacial score (nSPS) is 17.5.